The Labute approximate surface area is 224 Å². The molecule has 0 saturated carbocycles. The SMILES string of the molecule is CCCCOc1ccc(C(=O)NCC(=O)NN=Cc2ccc(OC(=O)c3ccc(Cl)cc3Cl)cc2)cc1. The minimum atomic E-state index is -0.617. The summed E-state index contributed by atoms with van der Waals surface area (Å²) < 4.78 is 10.9. The predicted octanol–water partition coefficient (Wildman–Crippen LogP) is 5.27. The lowest BCUT2D eigenvalue weighted by atomic mass is 10.2. The molecule has 0 spiro atoms. The molecule has 0 aromatic heterocycles. The summed E-state index contributed by atoms with van der Waals surface area (Å²) in [6.45, 7) is 2.46. The highest BCUT2D eigenvalue weighted by Crippen LogP contribution is 2.23. The second kappa shape index (κ2) is 14.0. The first-order chi connectivity index (χ1) is 17.9. The molecule has 0 aliphatic carbocycles. The van der Waals surface area contributed by atoms with Crippen LogP contribution >= 0.6 is 23.2 Å². The van der Waals surface area contributed by atoms with Gasteiger partial charge in [0.1, 0.15) is 11.5 Å². The van der Waals surface area contributed by atoms with Crippen LogP contribution in [0, 0.1) is 0 Å². The van der Waals surface area contributed by atoms with Crippen LogP contribution < -0.4 is 20.2 Å². The van der Waals surface area contributed by atoms with E-state index in [-0.39, 0.29) is 23.0 Å². The Hall–Kier alpha value is -3.88. The number of ether oxygens (including phenoxy) is 2. The standard InChI is InChI=1S/C27H25Cl2N3O5/c1-2-3-14-36-21-11-6-19(7-12-21)26(34)30-17-25(33)32-31-16-18-4-9-22(10-5-18)37-27(35)23-13-8-20(28)15-24(23)29/h4-13,15-16H,2-3,14,17H2,1H3,(H,30,34)(H,32,33). The Balaban J connectivity index is 1.42. The van der Waals surface area contributed by atoms with Crippen molar-refractivity contribution < 1.29 is 23.9 Å². The van der Waals surface area contributed by atoms with E-state index < -0.39 is 11.9 Å². The van der Waals surface area contributed by atoms with Crippen LogP contribution in [0.15, 0.2) is 71.8 Å². The molecule has 0 unspecified atom stereocenters. The molecule has 0 fully saturated rings. The highest BCUT2D eigenvalue weighted by molar-refractivity contribution is 6.36. The van der Waals surface area contributed by atoms with Gasteiger partial charge < -0.3 is 14.8 Å². The summed E-state index contributed by atoms with van der Waals surface area (Å²) >= 11 is 11.9. The summed E-state index contributed by atoms with van der Waals surface area (Å²) in [5, 5.41) is 7.01. The van der Waals surface area contributed by atoms with E-state index in [1.807, 2.05) is 0 Å². The summed E-state index contributed by atoms with van der Waals surface area (Å²) in [6.07, 6.45) is 3.41. The highest BCUT2D eigenvalue weighted by Gasteiger charge is 2.13. The number of amides is 2. The van der Waals surface area contributed by atoms with Gasteiger partial charge in [-0.2, -0.15) is 5.10 Å². The number of benzene rings is 3. The van der Waals surface area contributed by atoms with Crippen molar-refractivity contribution in [3.63, 3.8) is 0 Å². The fourth-order valence-electron chi connectivity index (χ4n) is 2.96. The van der Waals surface area contributed by atoms with E-state index in [2.05, 4.69) is 22.8 Å². The summed E-state index contributed by atoms with van der Waals surface area (Å²) in [5.74, 6) is -0.498. The zero-order valence-corrected chi connectivity index (χ0v) is 21.5. The molecule has 3 rings (SSSR count). The van der Waals surface area contributed by atoms with Crippen molar-refractivity contribution in [2.75, 3.05) is 13.2 Å². The minimum absolute atomic E-state index is 0.193. The molecule has 192 valence electrons. The molecule has 2 N–H and O–H groups in total. The molecule has 8 nitrogen and oxygen atoms in total. The van der Waals surface area contributed by atoms with Gasteiger partial charge in [0, 0.05) is 10.6 Å². The van der Waals surface area contributed by atoms with Crippen molar-refractivity contribution in [2.45, 2.75) is 19.8 Å². The Morgan fingerprint density at radius 3 is 2.32 bits per heavy atom. The van der Waals surface area contributed by atoms with Crippen molar-refractivity contribution in [1.82, 2.24) is 10.7 Å². The van der Waals surface area contributed by atoms with Crippen LogP contribution in [-0.4, -0.2) is 37.1 Å². The number of esters is 1. The summed E-state index contributed by atoms with van der Waals surface area (Å²) in [7, 11) is 0. The molecule has 0 aliphatic rings. The molecule has 0 radical (unpaired) electrons. The van der Waals surface area contributed by atoms with Gasteiger partial charge in [-0.1, -0.05) is 36.5 Å². The lowest BCUT2D eigenvalue weighted by molar-refractivity contribution is -0.120. The van der Waals surface area contributed by atoms with Crippen molar-refractivity contribution in [3.05, 3.63) is 93.5 Å². The van der Waals surface area contributed by atoms with Crippen LogP contribution in [0.25, 0.3) is 0 Å². The zero-order chi connectivity index (χ0) is 26.6. The number of carbonyl (C=O) groups is 3. The van der Waals surface area contributed by atoms with E-state index in [1.165, 1.54) is 18.3 Å². The maximum Gasteiger partial charge on any atom is 0.345 e. The van der Waals surface area contributed by atoms with Crippen molar-refractivity contribution in [1.29, 1.82) is 0 Å². The van der Waals surface area contributed by atoms with Gasteiger partial charge in [-0.3, -0.25) is 9.59 Å². The largest absolute Gasteiger partial charge is 0.494 e. The molecule has 0 heterocycles. The third kappa shape index (κ3) is 8.93. The average Bonchev–Trinajstić information content (AvgIpc) is 2.89. The van der Waals surface area contributed by atoms with Gasteiger partial charge in [-0.05, 0) is 78.7 Å². The molecule has 2 amide bonds. The van der Waals surface area contributed by atoms with Crippen LogP contribution in [0.2, 0.25) is 10.0 Å². The first-order valence-corrected chi connectivity index (χ1v) is 12.2. The topological polar surface area (TPSA) is 106 Å². The van der Waals surface area contributed by atoms with Crippen molar-refractivity contribution in [3.8, 4) is 11.5 Å². The summed E-state index contributed by atoms with van der Waals surface area (Å²) in [4.78, 5) is 36.5. The first-order valence-electron chi connectivity index (χ1n) is 11.5. The highest BCUT2D eigenvalue weighted by atomic mass is 35.5. The van der Waals surface area contributed by atoms with E-state index in [9.17, 15) is 14.4 Å². The molecule has 0 atom stereocenters. The van der Waals surface area contributed by atoms with Crippen LogP contribution in [0.4, 0.5) is 0 Å². The fourth-order valence-corrected chi connectivity index (χ4v) is 3.44. The van der Waals surface area contributed by atoms with Crippen LogP contribution in [0.3, 0.4) is 0 Å². The molecule has 10 heteroatoms. The average molecular weight is 542 g/mol. The Kier molecular flexibility index (Phi) is 10.5. The van der Waals surface area contributed by atoms with E-state index >= 15 is 0 Å². The monoisotopic (exact) mass is 541 g/mol. The number of halogens is 2. The molecule has 3 aromatic rings. The number of carbonyl (C=O) groups excluding carboxylic acids is 3. The Bertz CT molecular complexity index is 1260. The molecular weight excluding hydrogens is 517 g/mol. The second-order valence-corrected chi connectivity index (χ2v) is 8.63. The number of hydrogen-bond donors (Lipinski definition) is 2. The second-order valence-electron chi connectivity index (χ2n) is 7.78. The molecular formula is C27H25Cl2N3O5. The molecule has 0 saturated heterocycles. The van der Waals surface area contributed by atoms with Gasteiger partial charge in [0.25, 0.3) is 11.8 Å². The summed E-state index contributed by atoms with van der Waals surface area (Å²) in [6, 6.07) is 17.7. The number of nitrogens with zero attached hydrogens (tertiary/aromatic N) is 1. The fraction of sp³-hybridized carbons (Fsp3) is 0.185. The summed E-state index contributed by atoms with van der Waals surface area (Å²) in [5.41, 5.74) is 3.60. The van der Waals surface area contributed by atoms with Crippen LogP contribution in [0.1, 0.15) is 46.0 Å². The number of hydrazone groups is 1. The van der Waals surface area contributed by atoms with Crippen molar-refractivity contribution >= 4 is 47.2 Å². The van der Waals surface area contributed by atoms with Gasteiger partial charge in [-0.25, -0.2) is 10.2 Å². The molecule has 3 aromatic carbocycles. The van der Waals surface area contributed by atoms with E-state index in [1.54, 1.807) is 54.6 Å². The predicted molar refractivity (Wildman–Crippen MR) is 143 cm³/mol. The quantitative estimate of drug-likeness (QED) is 0.113. The normalized spacial score (nSPS) is 10.7. The van der Waals surface area contributed by atoms with Gasteiger partial charge in [-0.15, -0.1) is 0 Å². The molecule has 0 aliphatic heterocycles. The van der Waals surface area contributed by atoms with Gasteiger partial charge in [0.2, 0.25) is 0 Å². The third-order valence-electron chi connectivity index (χ3n) is 4.94. The molecule has 0 bridgehead atoms. The first kappa shape index (κ1) is 27.7. The number of nitrogens with one attached hydrogen (secondary N) is 2. The lowest BCUT2D eigenvalue weighted by Crippen LogP contribution is -2.34. The zero-order valence-electron chi connectivity index (χ0n) is 20.0. The van der Waals surface area contributed by atoms with Crippen molar-refractivity contribution in [2.24, 2.45) is 5.10 Å². The number of hydrogen-bond acceptors (Lipinski definition) is 6. The van der Waals surface area contributed by atoms with E-state index in [0.717, 1.165) is 12.8 Å². The van der Waals surface area contributed by atoms with Crippen LogP contribution in [-0.2, 0) is 4.79 Å². The number of unbranched alkanes of at least 4 members (excludes halogenated alkanes) is 1. The van der Waals surface area contributed by atoms with E-state index in [4.69, 9.17) is 32.7 Å². The van der Waals surface area contributed by atoms with Crippen LogP contribution in [0.5, 0.6) is 11.5 Å². The smallest absolute Gasteiger partial charge is 0.345 e. The van der Waals surface area contributed by atoms with Gasteiger partial charge in [0.15, 0.2) is 0 Å². The third-order valence-corrected chi connectivity index (χ3v) is 5.48. The number of rotatable bonds is 11. The minimum Gasteiger partial charge on any atom is -0.494 e. The van der Waals surface area contributed by atoms with Gasteiger partial charge in [0.05, 0.1) is 30.0 Å². The maximum absolute atomic E-state index is 12.3. The Morgan fingerprint density at radius 1 is 0.946 bits per heavy atom. The Morgan fingerprint density at radius 2 is 1.65 bits per heavy atom. The lowest BCUT2D eigenvalue weighted by Gasteiger charge is -2.07. The maximum atomic E-state index is 12.3. The van der Waals surface area contributed by atoms with Gasteiger partial charge >= 0.3 is 5.97 Å². The van der Waals surface area contributed by atoms with E-state index in [0.29, 0.717) is 34.3 Å². The molecule has 37 heavy (non-hydrogen) atoms.